The topological polar surface area (TPSA) is 54.6 Å². The Morgan fingerprint density at radius 2 is 2.42 bits per heavy atom. The Kier molecular flexibility index (Phi) is 3.64. The molecule has 1 aromatic heterocycles. The standard InChI is InChI=1S/C14H18N2O2S/c1-9-8-11(9)12-4-2-10(18-12)3-5-13(17)16-14-15-6-7-19-14/h2,4,9,11H,3,5-8H2,1H3,(H,15,16,17)/t9-,11-/m1/s1. The van der Waals surface area contributed by atoms with E-state index in [1.807, 2.05) is 6.07 Å². The van der Waals surface area contributed by atoms with Gasteiger partial charge in [-0.05, 0) is 24.5 Å². The predicted octanol–water partition coefficient (Wildman–Crippen LogP) is 2.55. The fraction of sp³-hybridized carbons (Fsp3) is 0.571. The Labute approximate surface area is 117 Å². The number of amidine groups is 1. The molecule has 1 fully saturated rings. The highest BCUT2D eigenvalue weighted by Gasteiger charge is 2.36. The van der Waals surface area contributed by atoms with Crippen LogP contribution in [-0.4, -0.2) is 23.4 Å². The second-order valence-electron chi connectivity index (χ2n) is 5.21. The van der Waals surface area contributed by atoms with E-state index in [0.717, 1.165) is 34.9 Å². The van der Waals surface area contributed by atoms with Crippen molar-refractivity contribution in [2.75, 3.05) is 12.3 Å². The van der Waals surface area contributed by atoms with E-state index in [1.54, 1.807) is 11.8 Å². The number of carbonyl (C=O) groups is 1. The van der Waals surface area contributed by atoms with Crippen molar-refractivity contribution in [2.45, 2.75) is 32.1 Å². The Morgan fingerprint density at radius 1 is 1.58 bits per heavy atom. The van der Waals surface area contributed by atoms with Gasteiger partial charge in [-0.2, -0.15) is 0 Å². The number of aliphatic imine (C=N–C) groups is 1. The zero-order valence-corrected chi connectivity index (χ0v) is 11.8. The number of furan rings is 1. The molecule has 1 amide bonds. The van der Waals surface area contributed by atoms with E-state index < -0.39 is 0 Å². The lowest BCUT2D eigenvalue weighted by Gasteiger charge is -2.02. The maximum atomic E-state index is 11.7. The Bertz CT molecular complexity index is 509. The first-order chi connectivity index (χ1) is 9.22. The third-order valence-corrected chi connectivity index (χ3v) is 4.48. The molecule has 2 atom stereocenters. The van der Waals surface area contributed by atoms with Gasteiger partial charge in [0.15, 0.2) is 5.17 Å². The lowest BCUT2D eigenvalue weighted by Crippen LogP contribution is -2.27. The first kappa shape index (κ1) is 12.8. The minimum absolute atomic E-state index is 0.0193. The van der Waals surface area contributed by atoms with Crippen LogP contribution in [-0.2, 0) is 11.2 Å². The SMILES string of the molecule is C[C@@H]1C[C@H]1c1ccc(CCC(=O)NC2=NCCS2)o1. The number of hydrogen-bond acceptors (Lipinski definition) is 4. The van der Waals surface area contributed by atoms with Crippen LogP contribution in [0.4, 0.5) is 0 Å². The van der Waals surface area contributed by atoms with Gasteiger partial charge >= 0.3 is 0 Å². The van der Waals surface area contributed by atoms with Gasteiger partial charge in [0.1, 0.15) is 11.5 Å². The molecule has 0 bridgehead atoms. The van der Waals surface area contributed by atoms with Crippen LogP contribution in [0.5, 0.6) is 0 Å². The van der Waals surface area contributed by atoms with Crippen LogP contribution in [0.3, 0.4) is 0 Å². The molecule has 2 heterocycles. The average Bonchev–Trinajstić information content (AvgIpc) is 2.87. The molecule has 1 aromatic rings. The molecule has 1 aliphatic carbocycles. The number of nitrogens with one attached hydrogen (secondary N) is 1. The second-order valence-corrected chi connectivity index (χ2v) is 6.29. The number of amides is 1. The molecule has 0 spiro atoms. The molecule has 2 aliphatic rings. The summed E-state index contributed by atoms with van der Waals surface area (Å²) >= 11 is 1.60. The molecule has 0 radical (unpaired) electrons. The van der Waals surface area contributed by atoms with Crippen molar-refractivity contribution >= 4 is 22.8 Å². The lowest BCUT2D eigenvalue weighted by molar-refractivity contribution is -0.119. The molecule has 19 heavy (non-hydrogen) atoms. The van der Waals surface area contributed by atoms with E-state index in [-0.39, 0.29) is 5.91 Å². The summed E-state index contributed by atoms with van der Waals surface area (Å²) in [6, 6.07) is 4.05. The quantitative estimate of drug-likeness (QED) is 0.921. The van der Waals surface area contributed by atoms with Crippen LogP contribution in [0.15, 0.2) is 21.5 Å². The molecule has 1 saturated carbocycles. The molecule has 0 saturated heterocycles. The molecule has 4 nitrogen and oxygen atoms in total. The third-order valence-electron chi connectivity index (χ3n) is 3.59. The number of rotatable bonds is 4. The van der Waals surface area contributed by atoms with E-state index in [4.69, 9.17) is 4.42 Å². The Balaban J connectivity index is 1.46. The molecule has 1 N–H and O–H groups in total. The molecule has 0 aromatic carbocycles. The van der Waals surface area contributed by atoms with E-state index in [0.29, 0.717) is 18.8 Å². The number of carbonyl (C=O) groups excluding carboxylic acids is 1. The molecule has 102 valence electrons. The monoisotopic (exact) mass is 278 g/mol. The summed E-state index contributed by atoms with van der Waals surface area (Å²) in [6.45, 7) is 3.04. The van der Waals surface area contributed by atoms with Gasteiger partial charge in [-0.1, -0.05) is 18.7 Å². The molecule has 0 unspecified atom stereocenters. The normalized spacial score (nSPS) is 25.2. The number of nitrogens with zero attached hydrogens (tertiary/aromatic N) is 1. The number of thioether (sulfide) groups is 1. The predicted molar refractivity (Wildman–Crippen MR) is 76.5 cm³/mol. The highest BCUT2D eigenvalue weighted by Crippen LogP contribution is 2.47. The molecular weight excluding hydrogens is 260 g/mol. The highest BCUT2D eigenvalue weighted by atomic mass is 32.2. The van der Waals surface area contributed by atoms with Gasteiger partial charge < -0.3 is 9.73 Å². The van der Waals surface area contributed by atoms with Crippen LogP contribution in [0.25, 0.3) is 0 Å². The van der Waals surface area contributed by atoms with Crippen molar-refractivity contribution in [1.82, 2.24) is 5.32 Å². The summed E-state index contributed by atoms with van der Waals surface area (Å²) in [5.41, 5.74) is 0. The van der Waals surface area contributed by atoms with Gasteiger partial charge in [0.05, 0.1) is 6.54 Å². The van der Waals surface area contributed by atoms with E-state index in [2.05, 4.69) is 23.3 Å². The van der Waals surface area contributed by atoms with Crippen LogP contribution < -0.4 is 5.32 Å². The van der Waals surface area contributed by atoms with Gasteiger partial charge in [0, 0.05) is 24.5 Å². The summed E-state index contributed by atoms with van der Waals surface area (Å²) in [5, 5.41) is 3.59. The van der Waals surface area contributed by atoms with Crippen LogP contribution in [0.2, 0.25) is 0 Å². The van der Waals surface area contributed by atoms with Gasteiger partial charge in [-0.3, -0.25) is 9.79 Å². The average molecular weight is 278 g/mol. The van der Waals surface area contributed by atoms with Crippen LogP contribution in [0.1, 0.15) is 37.2 Å². The van der Waals surface area contributed by atoms with Crippen molar-refractivity contribution < 1.29 is 9.21 Å². The van der Waals surface area contributed by atoms with Crippen molar-refractivity contribution in [3.8, 4) is 0 Å². The highest BCUT2D eigenvalue weighted by molar-refractivity contribution is 8.14. The van der Waals surface area contributed by atoms with Crippen LogP contribution in [0, 0.1) is 5.92 Å². The zero-order chi connectivity index (χ0) is 13.2. The molecule has 1 aliphatic heterocycles. The van der Waals surface area contributed by atoms with Crippen molar-refractivity contribution in [2.24, 2.45) is 10.9 Å². The molecular formula is C14H18N2O2S. The summed E-state index contributed by atoms with van der Waals surface area (Å²) in [7, 11) is 0. The summed E-state index contributed by atoms with van der Waals surface area (Å²) in [6.07, 6.45) is 2.34. The molecule has 5 heteroatoms. The van der Waals surface area contributed by atoms with E-state index in [1.165, 1.54) is 6.42 Å². The number of hydrogen-bond donors (Lipinski definition) is 1. The summed E-state index contributed by atoms with van der Waals surface area (Å²) in [4.78, 5) is 15.9. The van der Waals surface area contributed by atoms with Gasteiger partial charge in [-0.15, -0.1) is 0 Å². The largest absolute Gasteiger partial charge is 0.466 e. The van der Waals surface area contributed by atoms with Crippen molar-refractivity contribution in [3.63, 3.8) is 0 Å². The summed E-state index contributed by atoms with van der Waals surface area (Å²) in [5.74, 6) is 4.33. The fourth-order valence-electron chi connectivity index (χ4n) is 2.28. The van der Waals surface area contributed by atoms with Gasteiger partial charge in [0.25, 0.3) is 0 Å². The fourth-order valence-corrected chi connectivity index (χ4v) is 3.02. The minimum atomic E-state index is 0.0193. The van der Waals surface area contributed by atoms with E-state index >= 15 is 0 Å². The zero-order valence-electron chi connectivity index (χ0n) is 11.0. The maximum absolute atomic E-state index is 11.7. The van der Waals surface area contributed by atoms with E-state index in [9.17, 15) is 4.79 Å². The Hall–Kier alpha value is -1.23. The maximum Gasteiger partial charge on any atom is 0.226 e. The molecule has 3 rings (SSSR count). The Morgan fingerprint density at radius 3 is 3.11 bits per heavy atom. The third kappa shape index (κ3) is 3.21. The smallest absolute Gasteiger partial charge is 0.226 e. The van der Waals surface area contributed by atoms with Crippen molar-refractivity contribution in [1.29, 1.82) is 0 Å². The first-order valence-electron chi connectivity index (χ1n) is 6.78. The van der Waals surface area contributed by atoms with Crippen LogP contribution >= 0.6 is 11.8 Å². The summed E-state index contributed by atoms with van der Waals surface area (Å²) < 4.78 is 5.78. The number of aryl methyl sites for hydroxylation is 1. The van der Waals surface area contributed by atoms with Crippen molar-refractivity contribution in [3.05, 3.63) is 23.7 Å². The van der Waals surface area contributed by atoms with Gasteiger partial charge in [0.2, 0.25) is 5.91 Å². The van der Waals surface area contributed by atoms with Gasteiger partial charge in [-0.25, -0.2) is 0 Å². The minimum Gasteiger partial charge on any atom is -0.466 e. The second kappa shape index (κ2) is 5.41. The lowest BCUT2D eigenvalue weighted by atomic mass is 10.2. The first-order valence-corrected chi connectivity index (χ1v) is 7.76.